The van der Waals surface area contributed by atoms with E-state index in [1.807, 2.05) is 0 Å². The van der Waals surface area contributed by atoms with Gasteiger partial charge in [0.25, 0.3) is 11.3 Å². The Morgan fingerprint density at radius 3 is 2.57 bits per heavy atom. The van der Waals surface area contributed by atoms with Crippen LogP contribution in [0.3, 0.4) is 0 Å². The molecule has 6 nitrogen and oxygen atoms in total. The highest BCUT2D eigenvalue weighted by atomic mass is 32.2. The summed E-state index contributed by atoms with van der Waals surface area (Å²) in [7, 11) is -4.34. The zero-order chi connectivity index (χ0) is 10.8. The number of anilines is 1. The van der Waals surface area contributed by atoms with E-state index in [9.17, 15) is 8.77 Å². The molecule has 0 saturated heterocycles. The summed E-state index contributed by atoms with van der Waals surface area (Å²) >= 11 is -1.30. The van der Waals surface area contributed by atoms with Crippen molar-refractivity contribution in [2.45, 2.75) is 0 Å². The molecule has 9 heteroatoms. The molecule has 0 radical (unpaired) electrons. The second-order valence-corrected chi connectivity index (χ2v) is 5.81. The molecular formula is C5H8NO5PS2. The molecule has 0 amide bonds. The zero-order valence-corrected chi connectivity index (χ0v) is 9.34. The zero-order valence-electron chi connectivity index (χ0n) is 6.81. The second kappa shape index (κ2) is 4.52. The van der Waals surface area contributed by atoms with E-state index in [1.54, 1.807) is 11.4 Å². The van der Waals surface area contributed by atoms with E-state index in [0.717, 1.165) is 15.6 Å². The van der Waals surface area contributed by atoms with Crippen LogP contribution in [0, 0.1) is 0 Å². The predicted molar refractivity (Wildman–Crippen MR) is 54.5 cm³/mol. The number of hydrogen-bond donors (Lipinski definition) is 3. The molecule has 0 aliphatic rings. The first-order chi connectivity index (χ1) is 6.40. The van der Waals surface area contributed by atoms with Gasteiger partial charge in [-0.3, -0.25) is 9.12 Å². The minimum absolute atomic E-state index is 0.342. The van der Waals surface area contributed by atoms with Crippen molar-refractivity contribution in [2.75, 3.05) is 10.6 Å². The highest BCUT2D eigenvalue weighted by Crippen LogP contribution is 2.38. The van der Waals surface area contributed by atoms with Gasteiger partial charge in [-0.1, -0.05) is 0 Å². The quantitative estimate of drug-likeness (QED) is 0.548. The Hall–Kier alpha value is -0.240. The lowest BCUT2D eigenvalue weighted by atomic mass is 10.6. The van der Waals surface area contributed by atoms with Gasteiger partial charge in [-0.15, -0.1) is 11.3 Å². The Balaban J connectivity index is 2.87. The fourth-order valence-corrected chi connectivity index (χ4v) is 3.38. The van der Waals surface area contributed by atoms with E-state index in [0.29, 0.717) is 5.00 Å². The lowest BCUT2D eigenvalue weighted by Gasteiger charge is -2.17. The molecule has 0 fully saturated rings. The number of nitrogens with zero attached hydrogens (tertiary/aromatic N) is 1. The largest absolute Gasteiger partial charge is 0.345 e. The number of thiophene rings is 1. The van der Waals surface area contributed by atoms with Crippen molar-refractivity contribution in [3.63, 3.8) is 0 Å². The molecular weight excluding hydrogens is 249 g/mol. The average Bonchev–Trinajstić information content (AvgIpc) is 2.49. The molecule has 1 heterocycles. The molecule has 1 aromatic heterocycles. The van der Waals surface area contributed by atoms with Gasteiger partial charge in [0, 0.05) is 0 Å². The molecule has 1 aromatic rings. The molecule has 0 aliphatic heterocycles. The number of hydrogen-bond acceptors (Lipinski definition) is 3. The van der Waals surface area contributed by atoms with E-state index in [-0.39, 0.29) is 0 Å². The van der Waals surface area contributed by atoms with Gasteiger partial charge in [0.2, 0.25) is 0 Å². The molecule has 1 atom stereocenters. The van der Waals surface area contributed by atoms with Gasteiger partial charge >= 0.3 is 7.60 Å². The molecule has 0 aromatic carbocycles. The van der Waals surface area contributed by atoms with Crippen LogP contribution in [0.25, 0.3) is 0 Å². The summed E-state index contributed by atoms with van der Waals surface area (Å²) < 4.78 is 31.0. The summed E-state index contributed by atoms with van der Waals surface area (Å²) in [5.41, 5.74) is 0. The molecule has 3 N–H and O–H groups in total. The summed E-state index contributed by atoms with van der Waals surface area (Å²) in [5.74, 6) is 0. The van der Waals surface area contributed by atoms with Gasteiger partial charge in [0.15, 0.2) is 0 Å². The van der Waals surface area contributed by atoms with Crippen LogP contribution in [-0.2, 0) is 15.8 Å². The van der Waals surface area contributed by atoms with Crippen LogP contribution in [0.15, 0.2) is 17.5 Å². The van der Waals surface area contributed by atoms with Crippen LogP contribution in [-0.4, -0.2) is 24.8 Å². The van der Waals surface area contributed by atoms with Gasteiger partial charge in [-0.05, 0) is 17.5 Å². The minimum atomic E-state index is -4.34. The Labute approximate surface area is 86.8 Å². The lowest BCUT2D eigenvalue weighted by Crippen LogP contribution is -2.25. The van der Waals surface area contributed by atoms with E-state index in [2.05, 4.69) is 0 Å². The van der Waals surface area contributed by atoms with E-state index >= 15 is 0 Å². The molecule has 0 spiro atoms. The first-order valence-corrected chi connectivity index (χ1v) is 7.11. The highest BCUT2D eigenvalue weighted by molar-refractivity contribution is 7.81. The maximum absolute atomic E-state index is 10.8. The third kappa shape index (κ3) is 3.49. The van der Waals surface area contributed by atoms with E-state index in [4.69, 9.17) is 14.3 Å². The Morgan fingerprint density at radius 1 is 1.57 bits per heavy atom. The predicted octanol–water partition coefficient (Wildman–Crippen LogP) is 0.826. The summed E-state index contributed by atoms with van der Waals surface area (Å²) in [6.45, 7) is 0. The van der Waals surface area contributed by atoms with Crippen molar-refractivity contribution < 1.29 is 23.1 Å². The molecule has 14 heavy (non-hydrogen) atoms. The number of rotatable bonds is 4. The highest BCUT2D eigenvalue weighted by Gasteiger charge is 2.23. The maximum Gasteiger partial charge on any atom is 0.345 e. The van der Waals surface area contributed by atoms with Crippen LogP contribution in [0.5, 0.6) is 0 Å². The molecule has 0 saturated carbocycles. The summed E-state index contributed by atoms with van der Waals surface area (Å²) in [6.07, 6.45) is -0.767. The topological polar surface area (TPSA) is 98.1 Å². The Kier molecular flexibility index (Phi) is 3.82. The summed E-state index contributed by atoms with van der Waals surface area (Å²) in [5, 5.41) is 1.99. The fraction of sp³-hybridized carbons (Fsp3) is 0.200. The van der Waals surface area contributed by atoms with Crippen molar-refractivity contribution in [1.82, 2.24) is 0 Å². The van der Waals surface area contributed by atoms with Crippen LogP contribution >= 0.6 is 18.9 Å². The molecule has 0 aliphatic carbocycles. The third-order valence-electron chi connectivity index (χ3n) is 1.25. The van der Waals surface area contributed by atoms with Crippen molar-refractivity contribution in [3.05, 3.63) is 17.5 Å². The monoisotopic (exact) mass is 257 g/mol. The molecule has 0 bridgehead atoms. The summed E-state index contributed by atoms with van der Waals surface area (Å²) in [6, 6.07) is 3.13. The van der Waals surface area contributed by atoms with Crippen molar-refractivity contribution in [3.8, 4) is 0 Å². The first kappa shape index (κ1) is 11.8. The molecule has 1 unspecified atom stereocenters. The van der Waals surface area contributed by atoms with Gasteiger partial charge in [0.1, 0.15) is 11.3 Å². The van der Waals surface area contributed by atoms with Crippen molar-refractivity contribution in [1.29, 1.82) is 0 Å². The van der Waals surface area contributed by atoms with E-state index < -0.39 is 25.1 Å². The molecule has 1 rings (SSSR count). The Bertz CT molecular complexity index is 360. The van der Waals surface area contributed by atoms with Gasteiger partial charge in [-0.2, -0.15) is 0 Å². The maximum atomic E-state index is 10.8. The average molecular weight is 257 g/mol. The smallest absolute Gasteiger partial charge is 0.323 e. The van der Waals surface area contributed by atoms with Crippen LogP contribution in [0.2, 0.25) is 0 Å². The van der Waals surface area contributed by atoms with Gasteiger partial charge < -0.3 is 9.79 Å². The van der Waals surface area contributed by atoms with Crippen molar-refractivity contribution >= 4 is 35.2 Å². The third-order valence-corrected chi connectivity index (χ3v) is 3.81. The molecule has 80 valence electrons. The van der Waals surface area contributed by atoms with Gasteiger partial charge in [-0.25, -0.2) is 8.51 Å². The SMILES string of the molecule is O=S(O)N(CP(=O)(O)O)c1cccs1. The lowest BCUT2D eigenvalue weighted by molar-refractivity contribution is 0.373. The van der Waals surface area contributed by atoms with Gasteiger partial charge in [0.05, 0.1) is 0 Å². The standard InChI is InChI=1S/C5H8NO5PS2/c7-12(8,9)4-6(14(10)11)5-2-1-3-13-5/h1-3H,4H2,(H,10,11)(H2,7,8,9). The van der Waals surface area contributed by atoms with E-state index in [1.165, 1.54) is 6.07 Å². The summed E-state index contributed by atoms with van der Waals surface area (Å²) in [4.78, 5) is 17.3. The van der Waals surface area contributed by atoms with Crippen molar-refractivity contribution in [2.24, 2.45) is 0 Å². The van der Waals surface area contributed by atoms with Crippen LogP contribution in [0.1, 0.15) is 0 Å². The van der Waals surface area contributed by atoms with Crippen LogP contribution < -0.4 is 4.31 Å². The minimum Gasteiger partial charge on any atom is -0.323 e. The first-order valence-electron chi connectivity index (χ1n) is 3.37. The Morgan fingerprint density at radius 2 is 2.21 bits per heavy atom. The second-order valence-electron chi connectivity index (χ2n) is 2.37. The van der Waals surface area contributed by atoms with Crippen LogP contribution in [0.4, 0.5) is 5.00 Å². The normalized spacial score (nSPS) is 13.9. The fourth-order valence-electron chi connectivity index (χ4n) is 0.775.